The van der Waals surface area contributed by atoms with E-state index in [4.69, 9.17) is 11.6 Å². The summed E-state index contributed by atoms with van der Waals surface area (Å²) in [6.45, 7) is 4.37. The first kappa shape index (κ1) is 22.9. The molecule has 1 saturated heterocycles. The van der Waals surface area contributed by atoms with E-state index in [1.165, 1.54) is 0 Å². The summed E-state index contributed by atoms with van der Waals surface area (Å²) in [5, 5.41) is 12.4. The van der Waals surface area contributed by atoms with Crippen molar-refractivity contribution < 1.29 is 31.4 Å². The first-order valence-electron chi connectivity index (χ1n) is 9.12. The van der Waals surface area contributed by atoms with Gasteiger partial charge in [-0.05, 0) is 17.2 Å². The maximum absolute atomic E-state index is 13.1. The average Bonchev–Trinajstić information content (AvgIpc) is 2.67. The lowest BCUT2D eigenvalue weighted by Crippen LogP contribution is -2.53. The first-order chi connectivity index (χ1) is 13.9. The molecule has 1 aliphatic rings. The molecule has 2 aromatic rings. The third-order valence-corrected chi connectivity index (χ3v) is 5.40. The van der Waals surface area contributed by atoms with Crippen LogP contribution in [-0.4, -0.2) is 48.5 Å². The largest absolute Gasteiger partial charge is 0.430 e. The number of nitrogens with one attached hydrogen (secondary N) is 1. The van der Waals surface area contributed by atoms with Crippen molar-refractivity contribution in [2.45, 2.75) is 24.5 Å². The molecular weight excluding hydrogens is 434 g/mol. The molecule has 0 saturated carbocycles. The topological polar surface area (TPSA) is 35.5 Å². The summed E-state index contributed by atoms with van der Waals surface area (Å²) in [4.78, 5) is 2.27. The molecule has 2 N–H and O–H groups in total. The van der Waals surface area contributed by atoms with E-state index < -0.39 is 23.5 Å². The molecule has 2 aromatic carbocycles. The number of halogens is 7. The van der Waals surface area contributed by atoms with Crippen LogP contribution in [0, 0.1) is 0 Å². The van der Waals surface area contributed by atoms with Crippen LogP contribution in [0.5, 0.6) is 0 Å². The zero-order valence-electron chi connectivity index (χ0n) is 15.6. The predicted octanol–water partition coefficient (Wildman–Crippen LogP) is 4.72. The first-order valence-corrected chi connectivity index (χ1v) is 9.49. The molecule has 10 heteroatoms. The van der Waals surface area contributed by atoms with Gasteiger partial charge in [0.05, 0.1) is 0 Å². The van der Waals surface area contributed by atoms with Crippen LogP contribution < -0.4 is 5.32 Å². The number of aliphatic hydroxyl groups is 1. The van der Waals surface area contributed by atoms with E-state index in [0.717, 1.165) is 44.4 Å². The van der Waals surface area contributed by atoms with Gasteiger partial charge in [0.25, 0.3) is 5.60 Å². The Balaban J connectivity index is 1.86. The molecule has 1 heterocycles. The third kappa shape index (κ3) is 4.44. The second-order valence-corrected chi connectivity index (χ2v) is 7.53. The Morgan fingerprint density at radius 3 is 1.97 bits per heavy atom. The van der Waals surface area contributed by atoms with Crippen molar-refractivity contribution in [3.8, 4) is 11.1 Å². The van der Waals surface area contributed by atoms with Gasteiger partial charge in [-0.25, -0.2) is 0 Å². The Morgan fingerprint density at radius 1 is 0.900 bits per heavy atom. The van der Waals surface area contributed by atoms with Crippen molar-refractivity contribution in [1.82, 2.24) is 10.2 Å². The van der Waals surface area contributed by atoms with E-state index in [-0.39, 0.29) is 10.6 Å². The van der Waals surface area contributed by atoms with Crippen molar-refractivity contribution in [2.24, 2.45) is 0 Å². The van der Waals surface area contributed by atoms with Crippen LogP contribution in [0.3, 0.4) is 0 Å². The molecule has 0 aromatic heterocycles. The summed E-state index contributed by atoms with van der Waals surface area (Å²) in [7, 11) is 0. The number of piperazine rings is 1. The van der Waals surface area contributed by atoms with Gasteiger partial charge in [-0.3, -0.25) is 4.90 Å². The number of alkyl halides is 6. The zero-order valence-corrected chi connectivity index (χ0v) is 16.4. The monoisotopic (exact) mass is 452 g/mol. The van der Waals surface area contributed by atoms with Crippen LogP contribution in [0.4, 0.5) is 26.3 Å². The Labute approximate surface area is 174 Å². The van der Waals surface area contributed by atoms with Crippen LogP contribution in [0.1, 0.15) is 11.1 Å². The fraction of sp³-hybridized carbons (Fsp3) is 0.400. The van der Waals surface area contributed by atoms with Gasteiger partial charge in [-0.2, -0.15) is 26.3 Å². The molecule has 164 valence electrons. The highest BCUT2D eigenvalue weighted by atomic mass is 35.5. The van der Waals surface area contributed by atoms with Crippen LogP contribution in [0.2, 0.25) is 5.02 Å². The Hall–Kier alpha value is -1.81. The number of benzene rings is 2. The molecule has 0 aliphatic carbocycles. The minimum Gasteiger partial charge on any atom is -0.369 e. The molecule has 1 fully saturated rings. The highest BCUT2D eigenvalue weighted by Crippen LogP contribution is 2.50. The number of hydrogen-bond donors (Lipinski definition) is 2. The lowest BCUT2D eigenvalue weighted by Gasteiger charge is -2.32. The Kier molecular flexibility index (Phi) is 6.38. The third-order valence-electron chi connectivity index (χ3n) is 5.09. The highest BCUT2D eigenvalue weighted by molar-refractivity contribution is 6.33. The van der Waals surface area contributed by atoms with Crippen molar-refractivity contribution in [3.63, 3.8) is 0 Å². The lowest BCUT2D eigenvalue weighted by atomic mass is 9.90. The maximum Gasteiger partial charge on any atom is 0.430 e. The van der Waals surface area contributed by atoms with Crippen molar-refractivity contribution in [2.75, 3.05) is 26.2 Å². The molecule has 0 atom stereocenters. The molecule has 0 amide bonds. The Bertz CT molecular complexity index is 862. The maximum atomic E-state index is 13.1. The molecule has 1 aliphatic heterocycles. The fourth-order valence-corrected chi connectivity index (χ4v) is 3.67. The van der Waals surface area contributed by atoms with E-state index in [1.54, 1.807) is 12.1 Å². The molecule has 3 nitrogen and oxygen atoms in total. The fourth-order valence-electron chi connectivity index (χ4n) is 3.38. The second kappa shape index (κ2) is 8.37. The smallest absolute Gasteiger partial charge is 0.369 e. The summed E-state index contributed by atoms with van der Waals surface area (Å²) in [6.07, 6.45) is -11.9. The van der Waals surface area contributed by atoms with E-state index >= 15 is 0 Å². The summed E-state index contributed by atoms with van der Waals surface area (Å²) >= 11 is 6.00. The van der Waals surface area contributed by atoms with Gasteiger partial charge in [0.15, 0.2) is 0 Å². The summed E-state index contributed by atoms with van der Waals surface area (Å²) < 4.78 is 78.3. The summed E-state index contributed by atoms with van der Waals surface area (Å²) in [5.41, 5.74) is -4.56. The van der Waals surface area contributed by atoms with Gasteiger partial charge in [0.1, 0.15) is 0 Å². The van der Waals surface area contributed by atoms with Crippen LogP contribution >= 0.6 is 11.6 Å². The van der Waals surface area contributed by atoms with Crippen LogP contribution in [0.25, 0.3) is 11.1 Å². The minimum atomic E-state index is -5.96. The standard InChI is InChI=1S/C20H19ClF6N2O/c21-17-11-15(18(30,19(22,23)24)20(25,26)27)5-6-16(17)14-3-1-13(2-4-14)12-29-9-7-28-8-10-29/h1-6,11,28,30H,7-10,12H2. The van der Waals surface area contributed by atoms with Gasteiger partial charge >= 0.3 is 12.4 Å². The predicted molar refractivity (Wildman–Crippen MR) is 101 cm³/mol. The molecule has 0 spiro atoms. The molecule has 30 heavy (non-hydrogen) atoms. The van der Waals surface area contributed by atoms with Crippen molar-refractivity contribution >= 4 is 11.6 Å². The zero-order chi connectivity index (χ0) is 22.2. The van der Waals surface area contributed by atoms with E-state index in [2.05, 4.69) is 10.2 Å². The summed E-state index contributed by atoms with van der Waals surface area (Å²) in [5.74, 6) is 0. The summed E-state index contributed by atoms with van der Waals surface area (Å²) in [6, 6.07) is 9.23. The highest BCUT2D eigenvalue weighted by Gasteiger charge is 2.71. The van der Waals surface area contributed by atoms with E-state index in [9.17, 15) is 31.4 Å². The number of nitrogens with zero attached hydrogens (tertiary/aromatic N) is 1. The van der Waals surface area contributed by atoms with Gasteiger partial charge in [0.2, 0.25) is 0 Å². The number of rotatable bonds is 4. The van der Waals surface area contributed by atoms with Crippen LogP contribution in [-0.2, 0) is 12.1 Å². The Morgan fingerprint density at radius 2 is 1.47 bits per heavy atom. The number of hydrogen-bond acceptors (Lipinski definition) is 3. The van der Waals surface area contributed by atoms with Crippen molar-refractivity contribution in [3.05, 3.63) is 58.6 Å². The minimum absolute atomic E-state index is 0.265. The normalized spacial score (nSPS) is 16.7. The second-order valence-electron chi connectivity index (χ2n) is 7.12. The van der Waals surface area contributed by atoms with E-state index in [0.29, 0.717) is 17.7 Å². The van der Waals surface area contributed by atoms with Gasteiger partial charge in [0, 0.05) is 48.9 Å². The quantitative estimate of drug-likeness (QED) is 0.659. The molecule has 3 rings (SSSR count). The van der Waals surface area contributed by atoms with Gasteiger partial charge < -0.3 is 10.4 Å². The van der Waals surface area contributed by atoms with Crippen molar-refractivity contribution in [1.29, 1.82) is 0 Å². The molecule has 0 unspecified atom stereocenters. The SMILES string of the molecule is OC(c1ccc(-c2ccc(CN3CCNCC3)cc2)c(Cl)c1)(C(F)(F)F)C(F)(F)F. The van der Waals surface area contributed by atoms with Gasteiger partial charge in [-0.15, -0.1) is 0 Å². The van der Waals surface area contributed by atoms with Gasteiger partial charge in [-0.1, -0.05) is 48.0 Å². The molecule has 0 radical (unpaired) electrons. The average molecular weight is 453 g/mol. The lowest BCUT2D eigenvalue weighted by molar-refractivity contribution is -0.376. The van der Waals surface area contributed by atoms with Crippen LogP contribution in [0.15, 0.2) is 42.5 Å². The van der Waals surface area contributed by atoms with E-state index in [1.807, 2.05) is 12.1 Å². The molecular formula is C20H19ClF6N2O. The molecule has 0 bridgehead atoms.